The quantitative estimate of drug-likeness (QED) is 0.605. The highest BCUT2D eigenvalue weighted by Crippen LogP contribution is 2.23. The summed E-state index contributed by atoms with van der Waals surface area (Å²) in [5, 5.41) is 0. The van der Waals surface area contributed by atoms with Crippen LogP contribution in [-0.4, -0.2) is 76.8 Å². The molecular formula is C14H32N2O3Si. The normalized spacial score (nSPS) is 22.4. The summed E-state index contributed by atoms with van der Waals surface area (Å²) in [6.07, 6.45) is 0. The van der Waals surface area contributed by atoms with E-state index >= 15 is 0 Å². The smallest absolute Gasteiger partial charge is 0.373 e. The molecule has 0 aromatic rings. The van der Waals surface area contributed by atoms with Crippen LogP contribution in [0.1, 0.15) is 34.6 Å². The van der Waals surface area contributed by atoms with Crippen LogP contribution in [-0.2, 0) is 13.3 Å². The van der Waals surface area contributed by atoms with E-state index in [-0.39, 0.29) is 5.67 Å². The van der Waals surface area contributed by atoms with Crippen molar-refractivity contribution in [1.82, 2.24) is 9.80 Å². The number of nitrogens with zero attached hydrogens (tertiary/aromatic N) is 2. The standard InChI is InChI=1S/C14H32N2O3Si/c1-6-15-11-12-16(7-2)14(13-15)20(17-8-3,18-9-4)19-10-5/h14H,6-13H2,1-5H3. The number of likely N-dealkylation sites (N-methyl/N-ethyl adjacent to an activating group) is 2. The van der Waals surface area contributed by atoms with Gasteiger partial charge >= 0.3 is 8.80 Å². The summed E-state index contributed by atoms with van der Waals surface area (Å²) in [5.74, 6) is 0. The van der Waals surface area contributed by atoms with Gasteiger partial charge in [0.15, 0.2) is 0 Å². The Morgan fingerprint density at radius 2 is 1.40 bits per heavy atom. The zero-order valence-corrected chi connectivity index (χ0v) is 14.9. The van der Waals surface area contributed by atoms with Crippen molar-refractivity contribution in [2.24, 2.45) is 0 Å². The van der Waals surface area contributed by atoms with E-state index in [0.29, 0.717) is 19.8 Å². The number of piperazine rings is 1. The van der Waals surface area contributed by atoms with Crippen molar-refractivity contribution in [3.8, 4) is 0 Å². The Morgan fingerprint density at radius 1 is 0.850 bits per heavy atom. The van der Waals surface area contributed by atoms with Crippen molar-refractivity contribution in [3.63, 3.8) is 0 Å². The predicted octanol–water partition coefficient (Wildman–Crippen LogP) is 1.60. The molecule has 6 heteroatoms. The van der Waals surface area contributed by atoms with E-state index in [2.05, 4.69) is 23.6 Å². The summed E-state index contributed by atoms with van der Waals surface area (Å²) in [7, 11) is -2.65. The van der Waals surface area contributed by atoms with Crippen molar-refractivity contribution in [2.75, 3.05) is 52.5 Å². The second kappa shape index (κ2) is 9.12. The van der Waals surface area contributed by atoms with Crippen molar-refractivity contribution in [1.29, 1.82) is 0 Å². The fourth-order valence-corrected chi connectivity index (χ4v) is 6.17. The molecule has 0 radical (unpaired) electrons. The zero-order valence-electron chi connectivity index (χ0n) is 13.9. The van der Waals surface area contributed by atoms with Gasteiger partial charge in [-0.1, -0.05) is 13.8 Å². The fraction of sp³-hybridized carbons (Fsp3) is 1.00. The third-order valence-corrected chi connectivity index (χ3v) is 7.31. The second-order valence-electron chi connectivity index (χ2n) is 4.94. The molecule has 1 rings (SSSR count). The van der Waals surface area contributed by atoms with Gasteiger partial charge in [-0.25, -0.2) is 0 Å². The molecule has 0 aromatic carbocycles. The molecule has 0 amide bonds. The predicted molar refractivity (Wildman–Crippen MR) is 83.8 cm³/mol. The summed E-state index contributed by atoms with van der Waals surface area (Å²) in [4.78, 5) is 4.94. The van der Waals surface area contributed by atoms with E-state index in [1.807, 2.05) is 20.8 Å². The van der Waals surface area contributed by atoms with Gasteiger partial charge in [0.1, 0.15) is 0 Å². The number of hydrogen-bond donors (Lipinski definition) is 0. The van der Waals surface area contributed by atoms with Gasteiger partial charge in [0, 0.05) is 39.5 Å². The van der Waals surface area contributed by atoms with Crippen LogP contribution in [0.5, 0.6) is 0 Å². The fourth-order valence-electron chi connectivity index (χ4n) is 2.90. The minimum Gasteiger partial charge on any atom is -0.373 e. The zero-order chi connectivity index (χ0) is 15.0. The van der Waals surface area contributed by atoms with Gasteiger partial charge < -0.3 is 18.2 Å². The molecule has 0 spiro atoms. The first kappa shape index (κ1) is 18.1. The van der Waals surface area contributed by atoms with Gasteiger partial charge in [-0.3, -0.25) is 4.90 Å². The molecular weight excluding hydrogens is 272 g/mol. The Kier molecular flexibility index (Phi) is 8.24. The molecule has 1 heterocycles. The molecule has 1 fully saturated rings. The lowest BCUT2D eigenvalue weighted by Crippen LogP contribution is -2.69. The topological polar surface area (TPSA) is 34.2 Å². The minimum atomic E-state index is -2.65. The molecule has 1 unspecified atom stereocenters. The van der Waals surface area contributed by atoms with Gasteiger partial charge in [0.25, 0.3) is 0 Å². The average Bonchev–Trinajstić information content (AvgIpc) is 2.47. The molecule has 20 heavy (non-hydrogen) atoms. The first-order chi connectivity index (χ1) is 9.67. The van der Waals surface area contributed by atoms with E-state index in [1.54, 1.807) is 0 Å². The van der Waals surface area contributed by atoms with Crippen LogP contribution in [0.25, 0.3) is 0 Å². The van der Waals surface area contributed by atoms with Crippen molar-refractivity contribution in [3.05, 3.63) is 0 Å². The van der Waals surface area contributed by atoms with Crippen LogP contribution in [0.15, 0.2) is 0 Å². The molecule has 0 bridgehead atoms. The molecule has 1 saturated heterocycles. The first-order valence-corrected chi connectivity index (χ1v) is 9.85. The molecule has 1 aliphatic heterocycles. The van der Waals surface area contributed by atoms with Crippen LogP contribution in [0.4, 0.5) is 0 Å². The molecule has 5 nitrogen and oxygen atoms in total. The molecule has 1 aliphatic rings. The van der Waals surface area contributed by atoms with Gasteiger partial charge in [-0.05, 0) is 33.9 Å². The van der Waals surface area contributed by atoms with Crippen molar-refractivity contribution >= 4 is 8.80 Å². The van der Waals surface area contributed by atoms with E-state index in [4.69, 9.17) is 13.3 Å². The summed E-state index contributed by atoms with van der Waals surface area (Å²) < 4.78 is 18.3. The number of rotatable bonds is 9. The van der Waals surface area contributed by atoms with E-state index in [1.165, 1.54) is 0 Å². The third kappa shape index (κ3) is 4.25. The molecule has 0 aliphatic carbocycles. The molecule has 120 valence electrons. The number of hydrogen-bond acceptors (Lipinski definition) is 5. The molecule has 0 N–H and O–H groups in total. The van der Waals surface area contributed by atoms with Gasteiger partial charge in [-0.2, -0.15) is 0 Å². The molecule has 0 aromatic heterocycles. The highest BCUT2D eigenvalue weighted by atomic mass is 28.4. The van der Waals surface area contributed by atoms with Crippen LogP contribution < -0.4 is 0 Å². The Bertz CT molecular complexity index is 252. The monoisotopic (exact) mass is 304 g/mol. The lowest BCUT2D eigenvalue weighted by Gasteiger charge is -2.46. The molecule has 0 saturated carbocycles. The maximum Gasteiger partial charge on any atom is 0.520 e. The lowest BCUT2D eigenvalue weighted by atomic mass is 10.3. The molecule has 1 atom stereocenters. The summed E-state index contributed by atoms with van der Waals surface area (Å²) >= 11 is 0. The van der Waals surface area contributed by atoms with Crippen molar-refractivity contribution in [2.45, 2.75) is 40.3 Å². The Hall–Kier alpha value is 0.0169. The van der Waals surface area contributed by atoms with Crippen molar-refractivity contribution < 1.29 is 13.3 Å². The van der Waals surface area contributed by atoms with Crippen LogP contribution in [0, 0.1) is 0 Å². The average molecular weight is 305 g/mol. The van der Waals surface area contributed by atoms with Crippen LogP contribution in [0.3, 0.4) is 0 Å². The van der Waals surface area contributed by atoms with E-state index < -0.39 is 8.80 Å². The third-order valence-electron chi connectivity index (χ3n) is 3.87. The van der Waals surface area contributed by atoms with E-state index in [0.717, 1.165) is 32.7 Å². The summed E-state index contributed by atoms with van der Waals surface area (Å²) in [6, 6.07) is 0. The summed E-state index contributed by atoms with van der Waals surface area (Å²) in [6.45, 7) is 17.7. The van der Waals surface area contributed by atoms with Gasteiger partial charge in [0.05, 0.1) is 5.67 Å². The largest absolute Gasteiger partial charge is 0.520 e. The summed E-state index contributed by atoms with van der Waals surface area (Å²) in [5.41, 5.74) is 0.251. The Labute approximate surface area is 125 Å². The Balaban J connectivity index is 2.98. The Morgan fingerprint density at radius 3 is 1.80 bits per heavy atom. The minimum absolute atomic E-state index is 0.251. The van der Waals surface area contributed by atoms with E-state index in [9.17, 15) is 0 Å². The van der Waals surface area contributed by atoms with Gasteiger partial charge in [0.2, 0.25) is 0 Å². The highest BCUT2D eigenvalue weighted by Gasteiger charge is 2.53. The SMILES string of the molecule is CCO[Si](OCC)(OCC)C1CN(CC)CCN1CC. The van der Waals surface area contributed by atoms with Crippen LogP contribution >= 0.6 is 0 Å². The maximum atomic E-state index is 6.10. The maximum absolute atomic E-state index is 6.10. The second-order valence-corrected chi connectivity index (χ2v) is 7.68. The van der Waals surface area contributed by atoms with Crippen LogP contribution in [0.2, 0.25) is 0 Å². The van der Waals surface area contributed by atoms with Gasteiger partial charge in [-0.15, -0.1) is 0 Å². The first-order valence-electron chi connectivity index (χ1n) is 8.05. The highest BCUT2D eigenvalue weighted by molar-refractivity contribution is 6.62. The lowest BCUT2D eigenvalue weighted by molar-refractivity contribution is 0.0101.